The Morgan fingerprint density at radius 1 is 1.00 bits per heavy atom. The Balaban J connectivity index is 0.983. The van der Waals surface area contributed by atoms with E-state index in [1.807, 2.05) is 0 Å². The minimum atomic E-state index is 0.153. The van der Waals surface area contributed by atoms with Gasteiger partial charge in [-0.25, -0.2) is 0 Å². The molecule has 2 amide bonds. The maximum Gasteiger partial charge on any atom is 0.234 e. The monoisotopic (exact) mass is 453 g/mol. The van der Waals surface area contributed by atoms with Crippen LogP contribution in [0.15, 0.2) is 30.3 Å². The molecular weight excluding hydrogens is 414 g/mol. The second-order valence-corrected chi connectivity index (χ2v) is 10.4. The SMILES string of the molecule is O=C(CN1CC2CC(C1)[C@H]1CCCC(=O)N1C2)NCCCN1CCN(c2ccccc2)CC1. The molecule has 0 radical (unpaired) electrons. The number of hydrogen-bond acceptors (Lipinski definition) is 5. The van der Waals surface area contributed by atoms with Crippen molar-refractivity contribution >= 4 is 17.5 Å². The van der Waals surface area contributed by atoms with Gasteiger partial charge in [0, 0.05) is 70.5 Å². The van der Waals surface area contributed by atoms with E-state index in [9.17, 15) is 9.59 Å². The third-order valence-electron chi connectivity index (χ3n) is 8.09. The van der Waals surface area contributed by atoms with Crippen molar-refractivity contribution in [3.63, 3.8) is 0 Å². The van der Waals surface area contributed by atoms with Crippen molar-refractivity contribution in [3.8, 4) is 0 Å². The molecule has 1 aromatic rings. The molecule has 2 unspecified atom stereocenters. The lowest BCUT2D eigenvalue weighted by atomic mass is 9.76. The predicted molar refractivity (Wildman–Crippen MR) is 130 cm³/mol. The van der Waals surface area contributed by atoms with E-state index in [4.69, 9.17) is 0 Å². The molecule has 7 nitrogen and oxygen atoms in total. The summed E-state index contributed by atoms with van der Waals surface area (Å²) in [7, 11) is 0. The summed E-state index contributed by atoms with van der Waals surface area (Å²) in [6.45, 7) is 9.41. The molecule has 0 saturated carbocycles. The number of piperidine rings is 3. The Morgan fingerprint density at radius 2 is 1.82 bits per heavy atom. The molecule has 4 fully saturated rings. The number of piperazine rings is 1. The van der Waals surface area contributed by atoms with E-state index in [-0.39, 0.29) is 5.91 Å². The highest BCUT2D eigenvalue weighted by Gasteiger charge is 2.44. The number of anilines is 1. The first-order valence-electron chi connectivity index (χ1n) is 13.0. The van der Waals surface area contributed by atoms with Gasteiger partial charge in [-0.1, -0.05) is 18.2 Å². The van der Waals surface area contributed by atoms with Gasteiger partial charge in [-0.05, 0) is 56.2 Å². The Morgan fingerprint density at radius 3 is 2.64 bits per heavy atom. The number of amides is 2. The maximum absolute atomic E-state index is 12.6. The van der Waals surface area contributed by atoms with Crippen LogP contribution in [0.2, 0.25) is 0 Å². The highest BCUT2D eigenvalue weighted by Crippen LogP contribution is 2.37. The lowest BCUT2D eigenvalue weighted by molar-refractivity contribution is -0.145. The van der Waals surface area contributed by atoms with Gasteiger partial charge < -0.3 is 15.1 Å². The molecule has 4 aliphatic rings. The van der Waals surface area contributed by atoms with Crippen molar-refractivity contribution < 1.29 is 9.59 Å². The van der Waals surface area contributed by atoms with Gasteiger partial charge in [-0.2, -0.15) is 0 Å². The van der Waals surface area contributed by atoms with Crippen LogP contribution < -0.4 is 10.2 Å². The summed E-state index contributed by atoms with van der Waals surface area (Å²) in [5, 5.41) is 3.15. The Bertz CT molecular complexity index is 810. The summed E-state index contributed by atoms with van der Waals surface area (Å²) >= 11 is 0. The fourth-order valence-electron chi connectivity index (χ4n) is 6.50. The van der Waals surface area contributed by atoms with Crippen LogP contribution in [-0.2, 0) is 9.59 Å². The van der Waals surface area contributed by atoms with Crippen LogP contribution in [0.3, 0.4) is 0 Å². The number of carbonyl (C=O) groups is 2. The first kappa shape index (κ1) is 22.7. The average molecular weight is 454 g/mol. The summed E-state index contributed by atoms with van der Waals surface area (Å²) in [5.41, 5.74) is 1.31. The molecule has 180 valence electrons. The number of para-hydroxylation sites is 1. The van der Waals surface area contributed by atoms with Gasteiger partial charge in [0.25, 0.3) is 0 Å². The van der Waals surface area contributed by atoms with E-state index >= 15 is 0 Å². The lowest BCUT2D eigenvalue weighted by Crippen LogP contribution is -2.61. The quantitative estimate of drug-likeness (QED) is 0.637. The third kappa shape index (κ3) is 5.52. The van der Waals surface area contributed by atoms with Crippen LogP contribution in [0, 0.1) is 11.8 Å². The molecule has 0 spiro atoms. The van der Waals surface area contributed by atoms with Gasteiger partial charge in [0.2, 0.25) is 11.8 Å². The lowest BCUT2D eigenvalue weighted by Gasteiger charge is -2.52. The second-order valence-electron chi connectivity index (χ2n) is 10.4. The average Bonchev–Trinajstić information content (AvgIpc) is 2.83. The van der Waals surface area contributed by atoms with Crippen LogP contribution in [-0.4, -0.2) is 98.0 Å². The van der Waals surface area contributed by atoms with E-state index in [2.05, 4.69) is 55.2 Å². The highest BCUT2D eigenvalue weighted by atomic mass is 16.2. The van der Waals surface area contributed by atoms with E-state index in [0.717, 1.165) is 84.6 Å². The maximum atomic E-state index is 12.6. The number of hydrogen-bond donors (Lipinski definition) is 1. The summed E-state index contributed by atoms with van der Waals surface area (Å²) in [6, 6.07) is 11.1. The zero-order valence-electron chi connectivity index (χ0n) is 19.8. The first-order chi connectivity index (χ1) is 16.2. The molecule has 5 rings (SSSR count). The molecule has 33 heavy (non-hydrogen) atoms. The summed E-state index contributed by atoms with van der Waals surface area (Å²) in [5.74, 6) is 1.59. The largest absolute Gasteiger partial charge is 0.369 e. The molecule has 1 N–H and O–H groups in total. The highest BCUT2D eigenvalue weighted by molar-refractivity contribution is 5.78. The van der Waals surface area contributed by atoms with E-state index in [1.54, 1.807) is 0 Å². The first-order valence-corrected chi connectivity index (χ1v) is 13.0. The smallest absolute Gasteiger partial charge is 0.234 e. The summed E-state index contributed by atoms with van der Waals surface area (Å²) in [6.07, 6.45) is 5.13. The standard InChI is InChI=1S/C26H39N5O2/c32-25(20-29-17-21-16-22(19-29)24-8-4-9-26(33)31(24)18-21)27-10-5-11-28-12-14-30(15-13-28)23-6-2-1-3-7-23/h1-3,6-7,21-22,24H,4-5,8-20H2,(H,27,32)/t21?,22?,24-/m1/s1. The van der Waals surface area contributed by atoms with Crippen molar-refractivity contribution in [1.29, 1.82) is 0 Å². The van der Waals surface area contributed by atoms with Crippen LogP contribution >= 0.6 is 0 Å². The zero-order valence-corrected chi connectivity index (χ0v) is 19.8. The van der Waals surface area contributed by atoms with Crippen LogP contribution in [0.4, 0.5) is 5.69 Å². The van der Waals surface area contributed by atoms with Crippen molar-refractivity contribution in [2.24, 2.45) is 11.8 Å². The van der Waals surface area contributed by atoms with Crippen molar-refractivity contribution in [2.45, 2.75) is 38.1 Å². The number of nitrogens with one attached hydrogen (secondary N) is 1. The van der Waals surface area contributed by atoms with Crippen LogP contribution in [0.25, 0.3) is 0 Å². The molecule has 0 aromatic heterocycles. The molecule has 0 aliphatic carbocycles. The topological polar surface area (TPSA) is 59.1 Å². The molecule has 4 heterocycles. The van der Waals surface area contributed by atoms with Crippen molar-refractivity contribution in [3.05, 3.63) is 30.3 Å². The number of carbonyl (C=O) groups excluding carboxylic acids is 2. The van der Waals surface area contributed by atoms with Gasteiger partial charge in [0.1, 0.15) is 0 Å². The predicted octanol–water partition coefficient (Wildman–Crippen LogP) is 1.65. The molecule has 4 saturated heterocycles. The number of nitrogens with zero attached hydrogens (tertiary/aromatic N) is 4. The van der Waals surface area contributed by atoms with Crippen LogP contribution in [0.1, 0.15) is 32.1 Å². The molecule has 4 aliphatic heterocycles. The summed E-state index contributed by atoms with van der Waals surface area (Å²) in [4.78, 5) is 34.4. The van der Waals surface area contributed by atoms with Gasteiger partial charge in [-0.15, -0.1) is 0 Å². The number of rotatable bonds is 7. The van der Waals surface area contributed by atoms with Crippen molar-refractivity contribution in [1.82, 2.24) is 20.0 Å². The molecule has 3 atom stereocenters. The molecular formula is C26H39N5O2. The zero-order chi connectivity index (χ0) is 22.6. The van der Waals surface area contributed by atoms with E-state index < -0.39 is 0 Å². The van der Waals surface area contributed by atoms with Gasteiger partial charge in [-0.3, -0.25) is 19.4 Å². The molecule has 1 aromatic carbocycles. The minimum absolute atomic E-state index is 0.153. The Kier molecular flexibility index (Phi) is 7.16. The van der Waals surface area contributed by atoms with Gasteiger partial charge in [0.15, 0.2) is 0 Å². The minimum Gasteiger partial charge on any atom is -0.369 e. The number of benzene rings is 1. The Labute approximate surface area is 198 Å². The third-order valence-corrected chi connectivity index (χ3v) is 8.09. The second kappa shape index (κ2) is 10.4. The fraction of sp³-hybridized carbons (Fsp3) is 0.692. The fourth-order valence-corrected chi connectivity index (χ4v) is 6.50. The normalized spacial score (nSPS) is 28.5. The van der Waals surface area contributed by atoms with Gasteiger partial charge >= 0.3 is 0 Å². The molecule has 7 heteroatoms. The summed E-state index contributed by atoms with van der Waals surface area (Å²) < 4.78 is 0. The van der Waals surface area contributed by atoms with Crippen molar-refractivity contribution in [2.75, 3.05) is 70.3 Å². The molecule has 2 bridgehead atoms. The van der Waals surface area contributed by atoms with E-state index in [0.29, 0.717) is 30.3 Å². The number of likely N-dealkylation sites (tertiary alicyclic amines) is 1. The van der Waals surface area contributed by atoms with Crippen LogP contribution in [0.5, 0.6) is 0 Å². The number of fused-ring (bicyclic) bond motifs is 4. The Hall–Kier alpha value is -2.12. The van der Waals surface area contributed by atoms with E-state index in [1.165, 1.54) is 12.1 Å². The van der Waals surface area contributed by atoms with Gasteiger partial charge in [0.05, 0.1) is 6.54 Å².